The van der Waals surface area contributed by atoms with E-state index in [4.69, 9.17) is 10.5 Å². The van der Waals surface area contributed by atoms with Gasteiger partial charge in [0, 0.05) is 6.04 Å². The first kappa shape index (κ1) is 14.0. The first-order chi connectivity index (χ1) is 7.83. The summed E-state index contributed by atoms with van der Waals surface area (Å²) in [4.78, 5) is 0. The van der Waals surface area contributed by atoms with Gasteiger partial charge in [-0.05, 0) is 44.2 Å². The maximum Gasteiger partial charge on any atom is 0.123 e. The zero-order valence-electron chi connectivity index (χ0n) is 11.7. The van der Waals surface area contributed by atoms with Crippen LogP contribution in [-0.4, -0.2) is 12.1 Å². The average Bonchev–Trinajstić information content (AvgIpc) is 2.15. The van der Waals surface area contributed by atoms with Crippen molar-refractivity contribution in [2.24, 2.45) is 5.73 Å². The van der Waals surface area contributed by atoms with Crippen molar-refractivity contribution < 1.29 is 4.74 Å². The molecule has 0 aliphatic carbocycles. The van der Waals surface area contributed by atoms with Gasteiger partial charge in [-0.25, -0.2) is 0 Å². The van der Waals surface area contributed by atoms with Crippen molar-refractivity contribution in [2.75, 3.05) is 0 Å². The molecule has 0 amide bonds. The van der Waals surface area contributed by atoms with Crippen LogP contribution in [0.3, 0.4) is 0 Å². The normalized spacial score (nSPS) is 13.8. The van der Waals surface area contributed by atoms with Gasteiger partial charge in [-0.3, -0.25) is 0 Å². The first-order valence-corrected chi connectivity index (χ1v) is 6.34. The second-order valence-corrected chi connectivity index (χ2v) is 5.73. The minimum Gasteiger partial charge on any atom is -0.491 e. The van der Waals surface area contributed by atoms with Gasteiger partial charge in [0.2, 0.25) is 0 Å². The van der Waals surface area contributed by atoms with E-state index in [1.165, 1.54) is 5.56 Å². The Morgan fingerprint density at radius 2 is 1.76 bits per heavy atom. The Labute approximate surface area is 105 Å². The van der Waals surface area contributed by atoms with E-state index in [0.717, 1.165) is 12.2 Å². The van der Waals surface area contributed by atoms with Crippen LogP contribution in [0.1, 0.15) is 46.6 Å². The van der Waals surface area contributed by atoms with E-state index in [9.17, 15) is 0 Å². The van der Waals surface area contributed by atoms with Crippen LogP contribution in [0.2, 0.25) is 0 Å². The molecule has 0 fully saturated rings. The molecule has 0 spiro atoms. The molecule has 0 aliphatic rings. The van der Waals surface area contributed by atoms with Crippen molar-refractivity contribution in [3.63, 3.8) is 0 Å². The van der Waals surface area contributed by atoms with E-state index in [2.05, 4.69) is 39.8 Å². The van der Waals surface area contributed by atoms with E-state index in [1.54, 1.807) is 0 Å². The second kappa shape index (κ2) is 5.54. The summed E-state index contributed by atoms with van der Waals surface area (Å²) in [6.45, 7) is 10.6. The van der Waals surface area contributed by atoms with Crippen LogP contribution in [0.15, 0.2) is 24.3 Å². The smallest absolute Gasteiger partial charge is 0.123 e. The molecule has 1 aromatic rings. The van der Waals surface area contributed by atoms with Gasteiger partial charge in [-0.15, -0.1) is 0 Å². The predicted molar refractivity (Wildman–Crippen MR) is 73.5 cm³/mol. The van der Waals surface area contributed by atoms with Crippen molar-refractivity contribution >= 4 is 0 Å². The summed E-state index contributed by atoms with van der Waals surface area (Å²) >= 11 is 0. The lowest BCUT2D eigenvalue weighted by atomic mass is 9.79. The highest BCUT2D eigenvalue weighted by Crippen LogP contribution is 2.35. The molecule has 1 atom stereocenters. The Morgan fingerprint density at radius 1 is 1.18 bits per heavy atom. The van der Waals surface area contributed by atoms with E-state index in [-0.39, 0.29) is 17.6 Å². The Bertz CT molecular complexity index is 356. The number of hydrogen-bond donors (Lipinski definition) is 1. The summed E-state index contributed by atoms with van der Waals surface area (Å²) in [5.74, 6) is 0.980. The molecule has 0 saturated heterocycles. The fourth-order valence-corrected chi connectivity index (χ4v) is 2.30. The van der Waals surface area contributed by atoms with Gasteiger partial charge >= 0.3 is 0 Å². The van der Waals surface area contributed by atoms with Crippen molar-refractivity contribution in [3.05, 3.63) is 29.8 Å². The largest absolute Gasteiger partial charge is 0.491 e. The summed E-state index contributed by atoms with van der Waals surface area (Å²) in [7, 11) is 0. The van der Waals surface area contributed by atoms with Crippen molar-refractivity contribution in [1.29, 1.82) is 0 Å². The van der Waals surface area contributed by atoms with Crippen LogP contribution < -0.4 is 10.5 Å². The molecule has 1 aromatic carbocycles. The topological polar surface area (TPSA) is 35.2 Å². The molecule has 17 heavy (non-hydrogen) atoms. The Balaban J connectivity index is 3.03. The lowest BCUT2D eigenvalue weighted by Gasteiger charge is -2.29. The third kappa shape index (κ3) is 4.04. The minimum atomic E-state index is 0.0413. The van der Waals surface area contributed by atoms with Gasteiger partial charge < -0.3 is 10.5 Å². The van der Waals surface area contributed by atoms with Crippen molar-refractivity contribution in [2.45, 2.75) is 58.6 Å². The molecule has 2 N–H and O–H groups in total. The zero-order chi connectivity index (χ0) is 13.1. The summed E-state index contributed by atoms with van der Waals surface area (Å²) in [5.41, 5.74) is 7.21. The lowest BCUT2D eigenvalue weighted by Crippen LogP contribution is -2.29. The zero-order valence-corrected chi connectivity index (χ0v) is 11.7. The monoisotopic (exact) mass is 235 g/mol. The van der Waals surface area contributed by atoms with Gasteiger partial charge in [-0.1, -0.05) is 32.0 Å². The second-order valence-electron chi connectivity index (χ2n) is 5.73. The van der Waals surface area contributed by atoms with Crippen LogP contribution >= 0.6 is 0 Å². The Hall–Kier alpha value is -1.02. The molecule has 1 unspecified atom stereocenters. The Morgan fingerprint density at radius 3 is 2.29 bits per heavy atom. The molecule has 2 nitrogen and oxygen atoms in total. The maximum absolute atomic E-state index is 5.93. The van der Waals surface area contributed by atoms with Gasteiger partial charge in [0.05, 0.1) is 6.10 Å². The third-order valence-electron chi connectivity index (χ3n) is 2.81. The third-order valence-corrected chi connectivity index (χ3v) is 2.81. The molecule has 2 heteroatoms. The number of benzene rings is 1. The van der Waals surface area contributed by atoms with Gasteiger partial charge in [-0.2, -0.15) is 0 Å². The lowest BCUT2D eigenvalue weighted by molar-refractivity contribution is 0.234. The highest BCUT2D eigenvalue weighted by atomic mass is 16.5. The van der Waals surface area contributed by atoms with E-state index in [1.807, 2.05) is 19.1 Å². The van der Waals surface area contributed by atoms with Gasteiger partial charge in [0.1, 0.15) is 5.75 Å². The molecule has 0 saturated carbocycles. The van der Waals surface area contributed by atoms with Crippen LogP contribution in [0, 0.1) is 0 Å². The molecule has 0 aromatic heterocycles. The quantitative estimate of drug-likeness (QED) is 0.848. The molecule has 1 rings (SSSR count). The molecular weight excluding hydrogens is 210 g/mol. The first-order valence-electron chi connectivity index (χ1n) is 6.34. The van der Waals surface area contributed by atoms with Crippen LogP contribution in [0.4, 0.5) is 0 Å². The number of rotatable bonds is 5. The molecule has 0 bridgehead atoms. The molecule has 96 valence electrons. The summed E-state index contributed by atoms with van der Waals surface area (Å²) in [6, 6.07) is 8.45. The molecular formula is C15H25NO. The highest BCUT2D eigenvalue weighted by molar-refractivity contribution is 5.39. The van der Waals surface area contributed by atoms with Gasteiger partial charge in [0.25, 0.3) is 0 Å². The van der Waals surface area contributed by atoms with E-state index in [0.29, 0.717) is 0 Å². The molecule has 0 aliphatic heterocycles. The van der Waals surface area contributed by atoms with Crippen LogP contribution in [0.5, 0.6) is 5.75 Å². The SMILES string of the molecule is CC(N)CC(C)(C)c1ccccc1OC(C)C. The maximum atomic E-state index is 5.93. The fraction of sp³-hybridized carbons (Fsp3) is 0.600. The Kier molecular flexibility index (Phi) is 4.58. The number of para-hydroxylation sites is 1. The fourth-order valence-electron chi connectivity index (χ4n) is 2.30. The number of hydrogen-bond acceptors (Lipinski definition) is 2. The van der Waals surface area contributed by atoms with Crippen molar-refractivity contribution in [1.82, 2.24) is 0 Å². The summed E-state index contributed by atoms with van der Waals surface area (Å²) in [6.07, 6.45) is 1.15. The summed E-state index contributed by atoms with van der Waals surface area (Å²) in [5, 5.41) is 0. The number of ether oxygens (including phenoxy) is 1. The minimum absolute atomic E-state index is 0.0413. The van der Waals surface area contributed by atoms with Crippen LogP contribution in [0.25, 0.3) is 0 Å². The molecule has 0 radical (unpaired) electrons. The van der Waals surface area contributed by atoms with Crippen LogP contribution in [-0.2, 0) is 5.41 Å². The summed E-state index contributed by atoms with van der Waals surface area (Å²) < 4.78 is 5.87. The predicted octanol–water partition coefficient (Wildman–Crippen LogP) is 3.49. The standard InChI is InChI=1S/C15H25NO/c1-11(2)17-14-9-7-6-8-13(14)15(4,5)10-12(3)16/h6-9,11-12H,10,16H2,1-5H3. The average molecular weight is 235 g/mol. The van der Waals surface area contributed by atoms with E-state index < -0.39 is 0 Å². The number of nitrogens with two attached hydrogens (primary N) is 1. The van der Waals surface area contributed by atoms with Gasteiger partial charge in [0.15, 0.2) is 0 Å². The molecule has 0 heterocycles. The van der Waals surface area contributed by atoms with Crippen molar-refractivity contribution in [3.8, 4) is 5.75 Å². The van der Waals surface area contributed by atoms with E-state index >= 15 is 0 Å². The highest BCUT2D eigenvalue weighted by Gasteiger charge is 2.25.